The number of fused-ring (bicyclic) bond motifs is 1. The first kappa shape index (κ1) is 13.3. The highest BCUT2D eigenvalue weighted by Gasteiger charge is 2.39. The molecule has 0 bridgehead atoms. The van der Waals surface area contributed by atoms with Gasteiger partial charge < -0.3 is 14.4 Å². The third-order valence-electron chi connectivity index (χ3n) is 3.14. The van der Waals surface area contributed by atoms with Gasteiger partial charge in [0.2, 0.25) is 0 Å². The van der Waals surface area contributed by atoms with Gasteiger partial charge in [0, 0.05) is 13.2 Å². The van der Waals surface area contributed by atoms with Crippen LogP contribution in [0, 0.1) is 4.77 Å². The smallest absolute Gasteiger partial charge is 0.336 e. The molecule has 1 aliphatic heterocycles. The van der Waals surface area contributed by atoms with Crippen LogP contribution in [0.3, 0.4) is 0 Å². The van der Waals surface area contributed by atoms with Crippen molar-refractivity contribution in [2.45, 2.75) is 0 Å². The molecular weight excluding hydrogens is 294 g/mol. The molecule has 0 spiro atoms. The second-order valence-corrected chi connectivity index (χ2v) is 4.75. The Hall–Kier alpha value is -2.74. The van der Waals surface area contributed by atoms with Crippen LogP contribution in [0.5, 0.6) is 0 Å². The summed E-state index contributed by atoms with van der Waals surface area (Å²) in [4.78, 5) is 43.7. The van der Waals surface area contributed by atoms with Crippen LogP contribution in [-0.2, 0) is 11.9 Å². The highest BCUT2D eigenvalue weighted by molar-refractivity contribution is 7.71. The number of rotatable bonds is 2. The molecule has 2 aromatic rings. The van der Waals surface area contributed by atoms with Gasteiger partial charge in [-0.3, -0.25) is 9.59 Å². The standard InChI is InChI=1S/C13H9N3O4S/c1-15-9(6-14-13(15)21)12(19)20-16-10(17)7-4-2-3-5-8(7)11(16)18/h2-6H,1H3,(H,14,21). The lowest BCUT2D eigenvalue weighted by molar-refractivity contribution is -0.0590. The monoisotopic (exact) mass is 303 g/mol. The van der Waals surface area contributed by atoms with Crippen molar-refractivity contribution in [1.29, 1.82) is 0 Å². The van der Waals surface area contributed by atoms with Crippen molar-refractivity contribution in [2.24, 2.45) is 7.05 Å². The van der Waals surface area contributed by atoms with E-state index in [4.69, 9.17) is 17.1 Å². The predicted molar refractivity (Wildman–Crippen MR) is 73.0 cm³/mol. The summed E-state index contributed by atoms with van der Waals surface area (Å²) in [6.07, 6.45) is 1.35. The normalized spacial score (nSPS) is 13.5. The Morgan fingerprint density at radius 3 is 2.24 bits per heavy atom. The Labute approximate surface area is 123 Å². The molecule has 2 heterocycles. The highest BCUT2D eigenvalue weighted by Crippen LogP contribution is 2.23. The summed E-state index contributed by atoms with van der Waals surface area (Å²) < 4.78 is 1.71. The van der Waals surface area contributed by atoms with Crippen LogP contribution < -0.4 is 0 Å². The van der Waals surface area contributed by atoms with Gasteiger partial charge in [0.05, 0.1) is 11.1 Å². The van der Waals surface area contributed by atoms with Crippen molar-refractivity contribution < 1.29 is 19.2 Å². The molecule has 0 saturated carbocycles. The van der Waals surface area contributed by atoms with Gasteiger partial charge in [0.25, 0.3) is 11.8 Å². The molecule has 1 N–H and O–H groups in total. The van der Waals surface area contributed by atoms with Crippen molar-refractivity contribution in [3.05, 3.63) is 52.1 Å². The zero-order chi connectivity index (χ0) is 15.1. The number of hydrogen-bond acceptors (Lipinski definition) is 5. The van der Waals surface area contributed by atoms with Crippen molar-refractivity contribution in [3.63, 3.8) is 0 Å². The third kappa shape index (κ3) is 1.96. The average Bonchev–Trinajstić information content (AvgIpc) is 2.93. The Morgan fingerprint density at radius 2 is 1.76 bits per heavy atom. The molecule has 0 fully saturated rings. The van der Waals surface area contributed by atoms with Gasteiger partial charge in [-0.05, 0) is 24.4 Å². The predicted octanol–water partition coefficient (Wildman–Crippen LogP) is 1.45. The summed E-state index contributed by atoms with van der Waals surface area (Å²) in [5.74, 6) is -2.18. The number of aromatic amines is 1. The summed E-state index contributed by atoms with van der Waals surface area (Å²) in [5, 5.41) is 0.461. The van der Waals surface area contributed by atoms with E-state index in [-0.39, 0.29) is 16.8 Å². The molecule has 1 aromatic heterocycles. The summed E-state index contributed by atoms with van der Waals surface area (Å²) >= 11 is 4.93. The van der Waals surface area contributed by atoms with Gasteiger partial charge in [-0.15, -0.1) is 0 Å². The second-order valence-electron chi connectivity index (χ2n) is 4.37. The number of aromatic nitrogens is 2. The lowest BCUT2D eigenvalue weighted by Gasteiger charge is -2.12. The third-order valence-corrected chi connectivity index (χ3v) is 3.53. The fourth-order valence-corrected chi connectivity index (χ4v) is 2.17. The van der Waals surface area contributed by atoms with E-state index in [9.17, 15) is 14.4 Å². The molecule has 106 valence electrons. The Morgan fingerprint density at radius 1 is 1.19 bits per heavy atom. The summed E-state index contributed by atoms with van der Waals surface area (Å²) in [7, 11) is 1.57. The zero-order valence-corrected chi connectivity index (χ0v) is 11.6. The van der Waals surface area contributed by atoms with Crippen molar-refractivity contribution in [2.75, 3.05) is 0 Å². The maximum absolute atomic E-state index is 12.1. The first-order valence-electron chi connectivity index (χ1n) is 5.95. The maximum Gasteiger partial charge on any atom is 0.381 e. The van der Waals surface area contributed by atoms with Crippen LogP contribution in [0.25, 0.3) is 0 Å². The van der Waals surface area contributed by atoms with E-state index >= 15 is 0 Å². The van der Waals surface area contributed by atoms with Crippen LogP contribution in [0.2, 0.25) is 0 Å². The minimum Gasteiger partial charge on any atom is -0.336 e. The van der Waals surface area contributed by atoms with Crippen LogP contribution >= 0.6 is 12.2 Å². The van der Waals surface area contributed by atoms with Crippen LogP contribution in [0.15, 0.2) is 30.5 Å². The summed E-state index contributed by atoms with van der Waals surface area (Å²) in [5.41, 5.74) is 0.520. The number of imide groups is 1. The molecule has 8 heteroatoms. The van der Waals surface area contributed by atoms with E-state index in [2.05, 4.69) is 4.98 Å². The molecule has 1 aromatic carbocycles. The molecule has 7 nitrogen and oxygen atoms in total. The minimum absolute atomic E-state index is 0.108. The number of hydrogen-bond donors (Lipinski definition) is 1. The second kappa shape index (κ2) is 4.67. The molecule has 1 aliphatic rings. The lowest BCUT2D eigenvalue weighted by Crippen LogP contribution is -2.33. The quantitative estimate of drug-likeness (QED) is 0.670. The van der Waals surface area contributed by atoms with Crippen molar-refractivity contribution in [3.8, 4) is 0 Å². The lowest BCUT2D eigenvalue weighted by atomic mass is 10.1. The van der Waals surface area contributed by atoms with Gasteiger partial charge in [-0.25, -0.2) is 4.79 Å². The molecule has 2 amide bonds. The topological polar surface area (TPSA) is 84.4 Å². The van der Waals surface area contributed by atoms with E-state index in [0.717, 1.165) is 0 Å². The molecular formula is C13H9N3O4S. The van der Waals surface area contributed by atoms with Gasteiger partial charge in [-0.2, -0.15) is 0 Å². The maximum atomic E-state index is 12.1. The average molecular weight is 303 g/mol. The first-order chi connectivity index (χ1) is 10.0. The molecule has 0 saturated heterocycles. The van der Waals surface area contributed by atoms with E-state index in [0.29, 0.717) is 9.83 Å². The van der Waals surface area contributed by atoms with E-state index in [1.165, 1.54) is 22.9 Å². The first-order valence-corrected chi connectivity index (χ1v) is 6.36. The Kier molecular flexibility index (Phi) is 2.95. The highest BCUT2D eigenvalue weighted by atomic mass is 32.1. The SMILES string of the molecule is Cn1c(C(=O)ON2C(=O)c3ccccc3C2=O)c[nH]c1=S. The number of H-pyrrole nitrogens is 1. The van der Waals surface area contributed by atoms with Crippen LogP contribution in [0.1, 0.15) is 31.2 Å². The number of carbonyl (C=O) groups is 3. The number of hydroxylamine groups is 2. The summed E-state index contributed by atoms with van der Waals surface area (Å²) in [6.45, 7) is 0. The van der Waals surface area contributed by atoms with Crippen LogP contribution in [0.4, 0.5) is 0 Å². The van der Waals surface area contributed by atoms with Gasteiger partial charge >= 0.3 is 5.97 Å². The molecule has 0 aliphatic carbocycles. The van der Waals surface area contributed by atoms with Gasteiger partial charge in [-0.1, -0.05) is 17.2 Å². The minimum atomic E-state index is -0.848. The Bertz CT molecular complexity index is 801. The summed E-state index contributed by atoms with van der Waals surface area (Å²) in [6, 6.07) is 6.26. The largest absolute Gasteiger partial charge is 0.381 e. The number of nitrogens with one attached hydrogen (secondary N) is 1. The zero-order valence-electron chi connectivity index (χ0n) is 10.8. The molecule has 0 radical (unpaired) electrons. The van der Waals surface area contributed by atoms with E-state index < -0.39 is 17.8 Å². The molecule has 0 unspecified atom stereocenters. The van der Waals surface area contributed by atoms with Crippen molar-refractivity contribution >= 4 is 30.0 Å². The number of nitrogens with zero attached hydrogens (tertiary/aromatic N) is 2. The molecule has 21 heavy (non-hydrogen) atoms. The van der Waals surface area contributed by atoms with Crippen molar-refractivity contribution in [1.82, 2.24) is 14.6 Å². The number of carbonyl (C=O) groups excluding carboxylic acids is 3. The van der Waals surface area contributed by atoms with Gasteiger partial charge in [0.15, 0.2) is 4.77 Å². The number of imidazole rings is 1. The van der Waals surface area contributed by atoms with Crippen LogP contribution in [-0.4, -0.2) is 32.4 Å². The fraction of sp³-hybridized carbons (Fsp3) is 0.0769. The number of amides is 2. The van der Waals surface area contributed by atoms with E-state index in [1.807, 2.05) is 0 Å². The molecule has 0 atom stereocenters. The number of benzene rings is 1. The molecule has 3 rings (SSSR count). The fourth-order valence-electron chi connectivity index (χ4n) is 2.01. The van der Waals surface area contributed by atoms with E-state index in [1.54, 1.807) is 19.2 Å². The Balaban J connectivity index is 1.89. The van der Waals surface area contributed by atoms with Gasteiger partial charge in [0.1, 0.15) is 5.69 Å².